The fourth-order valence-corrected chi connectivity index (χ4v) is 1.50. The summed E-state index contributed by atoms with van der Waals surface area (Å²) in [7, 11) is 1.63. The number of hydrogen-bond donors (Lipinski definition) is 1. The summed E-state index contributed by atoms with van der Waals surface area (Å²) in [6.45, 7) is 1.11. The molecule has 2 rings (SSSR count). The molecule has 1 atom stereocenters. The largest absolute Gasteiger partial charge is 0.508 e. The number of methoxy groups -OCH3 is 1. The third-order valence-corrected chi connectivity index (χ3v) is 2.27. The van der Waals surface area contributed by atoms with Gasteiger partial charge in [-0.1, -0.05) is 18.2 Å². The number of ether oxygens (including phenoxy) is 2. The Morgan fingerprint density at radius 2 is 2.14 bits per heavy atom. The Kier molecular flexibility index (Phi) is 4.39. The summed E-state index contributed by atoms with van der Waals surface area (Å²) < 4.78 is 10.4. The van der Waals surface area contributed by atoms with Crippen LogP contribution < -0.4 is 0 Å². The molecule has 1 radical (unpaired) electrons. The van der Waals surface area contributed by atoms with Crippen LogP contribution in [0.2, 0.25) is 0 Å². The van der Waals surface area contributed by atoms with Gasteiger partial charge in [0, 0.05) is 56.7 Å². The number of benzene rings is 1. The average Bonchev–Trinajstić information content (AvgIpc) is 2.87. The van der Waals surface area contributed by atoms with E-state index in [1.807, 2.05) is 12.1 Å². The second-order valence-electron chi connectivity index (χ2n) is 3.23. The molecular formula is C10H12AcO3. The minimum absolute atomic E-state index is 0. The number of aromatic hydroxyl groups is 1. The molecule has 1 aromatic rings. The van der Waals surface area contributed by atoms with Crippen molar-refractivity contribution < 1.29 is 58.6 Å². The molecule has 0 saturated carbocycles. The normalized spacial score (nSPS) is 24.1. The van der Waals surface area contributed by atoms with Crippen LogP contribution in [0.25, 0.3) is 0 Å². The van der Waals surface area contributed by atoms with Crippen molar-refractivity contribution in [3.8, 4) is 5.75 Å². The van der Waals surface area contributed by atoms with E-state index in [0.29, 0.717) is 13.2 Å². The summed E-state index contributed by atoms with van der Waals surface area (Å²) in [4.78, 5) is 0. The number of hydrogen-bond acceptors (Lipinski definition) is 3. The van der Waals surface area contributed by atoms with Gasteiger partial charge in [0.1, 0.15) is 11.4 Å². The Bertz CT molecular complexity index is 310. The van der Waals surface area contributed by atoms with Crippen molar-refractivity contribution in [2.75, 3.05) is 20.3 Å². The molecule has 73 valence electrons. The first-order valence-corrected chi connectivity index (χ1v) is 4.20. The fraction of sp³-hybridized carbons (Fsp3) is 0.400. The Morgan fingerprint density at radius 1 is 1.50 bits per heavy atom. The van der Waals surface area contributed by atoms with Crippen LogP contribution in [0.1, 0.15) is 5.56 Å². The van der Waals surface area contributed by atoms with E-state index >= 15 is 0 Å². The quantitative estimate of drug-likeness (QED) is 0.768. The van der Waals surface area contributed by atoms with Gasteiger partial charge >= 0.3 is 0 Å². The van der Waals surface area contributed by atoms with Gasteiger partial charge in [-0.25, -0.2) is 0 Å². The van der Waals surface area contributed by atoms with Crippen molar-refractivity contribution in [2.45, 2.75) is 5.60 Å². The smallest absolute Gasteiger partial charge is 0.143 e. The third-order valence-electron chi connectivity index (χ3n) is 2.27. The zero-order valence-corrected chi connectivity index (χ0v) is 12.8. The third kappa shape index (κ3) is 2.30. The SMILES string of the molecule is COCC1(c2ccccc2O)CO1.[Ac]. The van der Waals surface area contributed by atoms with Gasteiger partial charge in [-0.15, -0.1) is 0 Å². The van der Waals surface area contributed by atoms with Crippen molar-refractivity contribution in [3.05, 3.63) is 29.8 Å². The van der Waals surface area contributed by atoms with Gasteiger partial charge in [0.15, 0.2) is 0 Å². The van der Waals surface area contributed by atoms with Crippen LogP contribution in [-0.4, -0.2) is 25.4 Å². The van der Waals surface area contributed by atoms with Crippen molar-refractivity contribution in [2.24, 2.45) is 0 Å². The van der Waals surface area contributed by atoms with Crippen LogP contribution in [-0.2, 0) is 15.1 Å². The van der Waals surface area contributed by atoms with Crippen LogP contribution in [0.5, 0.6) is 5.75 Å². The van der Waals surface area contributed by atoms with E-state index < -0.39 is 0 Å². The van der Waals surface area contributed by atoms with Crippen LogP contribution in [0.4, 0.5) is 0 Å². The first-order valence-electron chi connectivity index (χ1n) is 4.20. The molecule has 0 aliphatic carbocycles. The number of phenols is 1. The van der Waals surface area contributed by atoms with Gasteiger partial charge < -0.3 is 14.6 Å². The molecule has 0 amide bonds. The second-order valence-corrected chi connectivity index (χ2v) is 3.23. The summed E-state index contributed by atoms with van der Waals surface area (Å²) in [6, 6.07) is 7.20. The van der Waals surface area contributed by atoms with Crippen LogP contribution in [0, 0.1) is 44.1 Å². The molecule has 1 aliphatic rings. The monoisotopic (exact) mass is 407 g/mol. The topological polar surface area (TPSA) is 42.0 Å². The zero-order chi connectivity index (χ0) is 9.31. The average molecular weight is 407 g/mol. The van der Waals surface area contributed by atoms with Crippen molar-refractivity contribution in [1.82, 2.24) is 0 Å². The molecule has 3 nitrogen and oxygen atoms in total. The van der Waals surface area contributed by atoms with Crippen LogP contribution in [0.15, 0.2) is 24.3 Å². The molecule has 0 spiro atoms. The van der Waals surface area contributed by atoms with Gasteiger partial charge in [0.2, 0.25) is 0 Å². The molecular weight excluding hydrogens is 395 g/mol. The standard InChI is InChI=1S/C10H12O3.Ac/c1-12-6-10(7-13-10)8-4-2-3-5-9(8)11;/h2-5,11H,6-7H2,1H3;. The molecule has 1 fully saturated rings. The Balaban J connectivity index is 0.000000980. The molecule has 1 aliphatic heterocycles. The predicted octanol–water partition coefficient (Wildman–Crippen LogP) is 1.26. The predicted molar refractivity (Wildman–Crippen MR) is 47.6 cm³/mol. The number of rotatable bonds is 3. The molecule has 1 saturated heterocycles. The van der Waals surface area contributed by atoms with E-state index in [1.165, 1.54) is 0 Å². The molecule has 14 heavy (non-hydrogen) atoms. The number of para-hydroxylation sites is 1. The Labute approximate surface area is 119 Å². The Morgan fingerprint density at radius 3 is 2.64 bits per heavy atom. The molecule has 0 aromatic heterocycles. The number of phenolic OH excluding ortho intramolecular Hbond substituents is 1. The van der Waals surface area contributed by atoms with E-state index in [-0.39, 0.29) is 55.4 Å². The number of epoxide rings is 1. The first kappa shape index (κ1) is 12.5. The van der Waals surface area contributed by atoms with Crippen molar-refractivity contribution in [3.63, 3.8) is 0 Å². The summed E-state index contributed by atoms with van der Waals surface area (Å²) in [5, 5.41) is 9.58. The van der Waals surface area contributed by atoms with Crippen LogP contribution >= 0.6 is 0 Å². The first-order chi connectivity index (χ1) is 6.28. The van der Waals surface area contributed by atoms with Gasteiger partial charge in [-0.2, -0.15) is 0 Å². The Hall–Kier alpha value is 0.382. The molecule has 1 heterocycles. The summed E-state index contributed by atoms with van der Waals surface area (Å²) >= 11 is 0. The van der Waals surface area contributed by atoms with Gasteiger partial charge in [-0.05, 0) is 6.07 Å². The van der Waals surface area contributed by atoms with E-state index in [9.17, 15) is 5.11 Å². The van der Waals surface area contributed by atoms with Crippen LogP contribution in [0.3, 0.4) is 0 Å². The van der Waals surface area contributed by atoms with E-state index in [1.54, 1.807) is 19.2 Å². The molecule has 0 bridgehead atoms. The van der Waals surface area contributed by atoms with E-state index in [0.717, 1.165) is 5.56 Å². The summed E-state index contributed by atoms with van der Waals surface area (Å²) in [5.41, 5.74) is 0.428. The molecule has 1 unspecified atom stereocenters. The molecule has 1 N–H and O–H groups in total. The maximum atomic E-state index is 9.58. The van der Waals surface area contributed by atoms with Crippen molar-refractivity contribution >= 4 is 0 Å². The van der Waals surface area contributed by atoms with Gasteiger partial charge in [0.05, 0.1) is 13.2 Å². The molecule has 4 heteroatoms. The second kappa shape index (κ2) is 4.94. The van der Waals surface area contributed by atoms with Crippen molar-refractivity contribution in [1.29, 1.82) is 0 Å². The molecule has 1 aromatic carbocycles. The van der Waals surface area contributed by atoms with Gasteiger partial charge in [-0.3, -0.25) is 0 Å². The maximum Gasteiger partial charge on any atom is 0.143 e. The zero-order valence-electron chi connectivity index (χ0n) is 8.06. The summed E-state index contributed by atoms with van der Waals surface area (Å²) in [6.07, 6.45) is 0. The van der Waals surface area contributed by atoms with E-state index in [4.69, 9.17) is 9.47 Å². The fourth-order valence-electron chi connectivity index (χ4n) is 1.50. The van der Waals surface area contributed by atoms with E-state index in [2.05, 4.69) is 0 Å². The summed E-state index contributed by atoms with van der Waals surface area (Å²) in [5.74, 6) is 0.275. The minimum Gasteiger partial charge on any atom is -0.508 e. The maximum absolute atomic E-state index is 9.58. The van der Waals surface area contributed by atoms with Gasteiger partial charge in [0.25, 0.3) is 0 Å². The minimum atomic E-state index is -0.389.